The molecule has 0 aliphatic rings. The van der Waals surface area contributed by atoms with E-state index in [9.17, 15) is 19.6 Å². The molecule has 3 N–H and O–H groups in total. The third-order valence-electron chi connectivity index (χ3n) is 5.57. The molecule has 0 radical (unpaired) electrons. The number of hydroxylamine groups is 1. The minimum atomic E-state index is -0.803. The third-order valence-corrected chi connectivity index (χ3v) is 5.57. The van der Waals surface area contributed by atoms with Crippen molar-refractivity contribution in [2.24, 2.45) is 23.7 Å². The SMILES string of the molecule is CC(C)C[C@@H](C(=O)NN(CC(C)C)C(=O)Cn1cccc1)[C@H](CC=Cc1ccccc1)C(=O)NO. The van der Waals surface area contributed by atoms with Crippen LogP contribution in [0.5, 0.6) is 0 Å². The fourth-order valence-electron chi connectivity index (χ4n) is 3.92. The summed E-state index contributed by atoms with van der Waals surface area (Å²) in [6.07, 6.45) is 7.97. The second kappa shape index (κ2) is 14.1. The first-order chi connectivity index (χ1) is 16.7. The lowest BCUT2D eigenvalue weighted by atomic mass is 9.82. The molecule has 1 aromatic heterocycles. The van der Waals surface area contributed by atoms with Crippen LogP contribution in [-0.2, 0) is 20.9 Å². The van der Waals surface area contributed by atoms with Gasteiger partial charge in [0.2, 0.25) is 11.8 Å². The summed E-state index contributed by atoms with van der Waals surface area (Å²) in [5, 5.41) is 10.7. The Bertz CT molecular complexity index is 955. The maximum atomic E-state index is 13.5. The number of benzene rings is 1. The number of hydrogen-bond donors (Lipinski definition) is 3. The van der Waals surface area contributed by atoms with Gasteiger partial charge in [-0.05, 0) is 42.4 Å². The van der Waals surface area contributed by atoms with Crippen molar-refractivity contribution in [3.8, 4) is 0 Å². The Balaban J connectivity index is 2.23. The largest absolute Gasteiger partial charge is 0.345 e. The van der Waals surface area contributed by atoms with E-state index in [-0.39, 0.29) is 30.7 Å². The van der Waals surface area contributed by atoms with E-state index in [1.54, 1.807) is 22.4 Å². The minimum Gasteiger partial charge on any atom is -0.345 e. The molecule has 0 saturated carbocycles. The van der Waals surface area contributed by atoms with Crippen molar-refractivity contribution < 1.29 is 19.6 Å². The van der Waals surface area contributed by atoms with Crippen molar-refractivity contribution in [1.29, 1.82) is 0 Å². The van der Waals surface area contributed by atoms with Crippen LogP contribution in [0.25, 0.3) is 6.08 Å². The Morgan fingerprint density at radius 2 is 1.60 bits per heavy atom. The molecule has 0 aliphatic carbocycles. The van der Waals surface area contributed by atoms with Gasteiger partial charge in [0, 0.05) is 18.9 Å². The molecule has 35 heavy (non-hydrogen) atoms. The molecule has 2 aromatic rings. The average Bonchev–Trinajstić information content (AvgIpc) is 3.33. The van der Waals surface area contributed by atoms with E-state index in [4.69, 9.17) is 0 Å². The zero-order valence-corrected chi connectivity index (χ0v) is 21.1. The highest BCUT2D eigenvalue weighted by atomic mass is 16.5. The lowest BCUT2D eigenvalue weighted by Gasteiger charge is -2.30. The van der Waals surface area contributed by atoms with Gasteiger partial charge in [-0.15, -0.1) is 0 Å². The van der Waals surface area contributed by atoms with Crippen LogP contribution < -0.4 is 10.9 Å². The van der Waals surface area contributed by atoms with Crippen molar-refractivity contribution in [2.45, 2.75) is 47.1 Å². The van der Waals surface area contributed by atoms with Gasteiger partial charge in [-0.2, -0.15) is 0 Å². The summed E-state index contributed by atoms with van der Waals surface area (Å²) in [7, 11) is 0. The molecule has 1 aromatic carbocycles. The maximum absolute atomic E-state index is 13.5. The number of carbonyl (C=O) groups is 3. The summed E-state index contributed by atoms with van der Waals surface area (Å²) in [5.74, 6) is -2.60. The molecular formula is C27H38N4O4. The number of carbonyl (C=O) groups excluding carboxylic acids is 3. The van der Waals surface area contributed by atoms with E-state index in [1.807, 2.05) is 82.3 Å². The van der Waals surface area contributed by atoms with Gasteiger partial charge in [0.15, 0.2) is 0 Å². The standard InChI is InChI=1S/C27H38N4O4/c1-20(2)17-24(23(27(34)29-35)14-10-13-22-11-6-5-7-12-22)26(33)28-31(18-21(3)4)25(32)19-30-15-8-9-16-30/h5-13,15-16,20-21,23-24,35H,14,17-19H2,1-4H3,(H,28,33)(H,29,34)/t23-,24+/m0/s1. The molecule has 0 unspecified atom stereocenters. The van der Waals surface area contributed by atoms with E-state index < -0.39 is 23.7 Å². The molecule has 0 fully saturated rings. The molecule has 2 atom stereocenters. The van der Waals surface area contributed by atoms with E-state index in [2.05, 4.69) is 5.43 Å². The third kappa shape index (κ3) is 9.41. The van der Waals surface area contributed by atoms with Gasteiger partial charge in [-0.25, -0.2) is 5.48 Å². The summed E-state index contributed by atoms with van der Waals surface area (Å²) in [6, 6.07) is 13.3. The zero-order chi connectivity index (χ0) is 25.8. The lowest BCUT2D eigenvalue weighted by molar-refractivity contribution is -0.148. The first-order valence-corrected chi connectivity index (χ1v) is 12.1. The molecule has 0 spiro atoms. The Morgan fingerprint density at radius 1 is 0.943 bits per heavy atom. The molecule has 2 rings (SSSR count). The summed E-state index contributed by atoms with van der Waals surface area (Å²) in [4.78, 5) is 39.1. The average molecular weight is 483 g/mol. The summed E-state index contributed by atoms with van der Waals surface area (Å²) in [5.41, 5.74) is 5.47. The zero-order valence-electron chi connectivity index (χ0n) is 21.1. The predicted molar refractivity (Wildman–Crippen MR) is 136 cm³/mol. The van der Waals surface area contributed by atoms with E-state index in [1.165, 1.54) is 5.01 Å². The Morgan fingerprint density at radius 3 is 2.17 bits per heavy atom. The smallest absolute Gasteiger partial charge is 0.260 e. The summed E-state index contributed by atoms with van der Waals surface area (Å²) < 4.78 is 1.74. The van der Waals surface area contributed by atoms with Crippen LogP contribution in [0.4, 0.5) is 0 Å². The Hall–Kier alpha value is -3.39. The summed E-state index contributed by atoms with van der Waals surface area (Å²) in [6.45, 7) is 8.29. The number of amides is 3. The van der Waals surface area contributed by atoms with Crippen LogP contribution in [0.15, 0.2) is 60.9 Å². The predicted octanol–water partition coefficient (Wildman–Crippen LogP) is 3.89. The maximum Gasteiger partial charge on any atom is 0.260 e. The van der Waals surface area contributed by atoms with Crippen LogP contribution >= 0.6 is 0 Å². The summed E-state index contributed by atoms with van der Waals surface area (Å²) >= 11 is 0. The molecular weight excluding hydrogens is 444 g/mol. The quantitative estimate of drug-likeness (QED) is 0.315. The monoisotopic (exact) mass is 482 g/mol. The first kappa shape index (κ1) is 27.9. The molecule has 3 amide bonds. The van der Waals surface area contributed by atoms with Gasteiger partial charge in [0.1, 0.15) is 6.54 Å². The molecule has 190 valence electrons. The number of rotatable bonds is 12. The number of hydrogen-bond acceptors (Lipinski definition) is 4. The van der Waals surface area contributed by atoms with Crippen LogP contribution in [0.1, 0.15) is 46.1 Å². The highest BCUT2D eigenvalue weighted by molar-refractivity contribution is 5.89. The van der Waals surface area contributed by atoms with E-state index in [0.717, 1.165) is 5.56 Å². The molecule has 8 heteroatoms. The van der Waals surface area contributed by atoms with Gasteiger partial charge < -0.3 is 4.57 Å². The first-order valence-electron chi connectivity index (χ1n) is 12.1. The van der Waals surface area contributed by atoms with Gasteiger partial charge in [-0.1, -0.05) is 70.2 Å². The van der Waals surface area contributed by atoms with Gasteiger partial charge >= 0.3 is 0 Å². The van der Waals surface area contributed by atoms with Crippen LogP contribution in [0, 0.1) is 23.7 Å². The molecule has 1 heterocycles. The van der Waals surface area contributed by atoms with Crippen molar-refractivity contribution >= 4 is 23.8 Å². The van der Waals surface area contributed by atoms with Gasteiger partial charge in [-0.3, -0.25) is 30.0 Å². The molecule has 8 nitrogen and oxygen atoms in total. The number of hydrazine groups is 1. The number of allylic oxidation sites excluding steroid dienone is 1. The van der Waals surface area contributed by atoms with Crippen molar-refractivity contribution in [3.05, 3.63) is 66.5 Å². The number of nitrogens with one attached hydrogen (secondary N) is 2. The molecule has 0 bridgehead atoms. The minimum absolute atomic E-state index is 0.0925. The van der Waals surface area contributed by atoms with E-state index in [0.29, 0.717) is 13.0 Å². The fraction of sp³-hybridized carbons (Fsp3) is 0.444. The normalized spacial score (nSPS) is 13.1. The second-order valence-electron chi connectivity index (χ2n) is 9.60. The Labute approximate surface area is 207 Å². The number of aromatic nitrogens is 1. The topological polar surface area (TPSA) is 104 Å². The molecule has 0 saturated heterocycles. The van der Waals surface area contributed by atoms with E-state index >= 15 is 0 Å². The highest BCUT2D eigenvalue weighted by Gasteiger charge is 2.35. The van der Waals surface area contributed by atoms with Crippen LogP contribution in [-0.4, -0.2) is 39.0 Å². The Kier molecular flexibility index (Phi) is 11.2. The van der Waals surface area contributed by atoms with Crippen molar-refractivity contribution in [3.63, 3.8) is 0 Å². The fourth-order valence-corrected chi connectivity index (χ4v) is 3.92. The van der Waals surface area contributed by atoms with Crippen LogP contribution in [0.3, 0.4) is 0 Å². The van der Waals surface area contributed by atoms with Gasteiger partial charge in [0.25, 0.3) is 5.91 Å². The second-order valence-corrected chi connectivity index (χ2v) is 9.60. The highest BCUT2D eigenvalue weighted by Crippen LogP contribution is 2.25. The van der Waals surface area contributed by atoms with Crippen molar-refractivity contribution in [1.82, 2.24) is 20.5 Å². The molecule has 0 aliphatic heterocycles. The lowest BCUT2D eigenvalue weighted by Crippen LogP contribution is -2.53. The number of nitrogens with zero attached hydrogens (tertiary/aromatic N) is 2. The van der Waals surface area contributed by atoms with Crippen molar-refractivity contribution in [2.75, 3.05) is 6.54 Å². The van der Waals surface area contributed by atoms with Gasteiger partial charge in [0.05, 0.1) is 11.8 Å². The van der Waals surface area contributed by atoms with Crippen LogP contribution in [0.2, 0.25) is 0 Å².